The number of hydrogen-bond acceptors (Lipinski definition) is 2. The lowest BCUT2D eigenvalue weighted by atomic mass is 10.0. The van der Waals surface area contributed by atoms with Gasteiger partial charge in [-0.2, -0.15) is 0 Å². The molecule has 0 saturated carbocycles. The Kier molecular flexibility index (Phi) is 3.63. The molecule has 8 rings (SSSR count). The van der Waals surface area contributed by atoms with Gasteiger partial charge in [-0.1, -0.05) is 60.7 Å². The minimum Gasteiger partial charge on any atom is -0.456 e. The van der Waals surface area contributed by atoms with Gasteiger partial charge in [-0.05, 0) is 48.5 Å². The first-order chi connectivity index (χ1) is 17.3. The number of hydrogen-bond donors (Lipinski definition) is 1. The maximum atomic E-state index is 6.23. The monoisotopic (exact) mass is 449 g/mol. The Bertz CT molecular complexity index is 2030. The van der Waals surface area contributed by atoms with E-state index in [1.165, 1.54) is 10.8 Å². The van der Waals surface area contributed by atoms with Gasteiger partial charge in [-0.15, -0.1) is 0 Å². The molecule has 0 fully saturated rings. The number of aromatic nitrogens is 3. The molecule has 5 aromatic carbocycles. The van der Waals surface area contributed by atoms with Crippen LogP contribution in [0.2, 0.25) is 0 Å². The summed E-state index contributed by atoms with van der Waals surface area (Å²) in [6.07, 6.45) is 0. The lowest BCUT2D eigenvalue weighted by Crippen LogP contribution is -1.93. The molecule has 0 aliphatic heterocycles. The van der Waals surface area contributed by atoms with E-state index in [2.05, 4.69) is 88.4 Å². The van der Waals surface area contributed by atoms with Crippen LogP contribution in [0.1, 0.15) is 0 Å². The Morgan fingerprint density at radius 3 is 2.37 bits per heavy atom. The Morgan fingerprint density at radius 1 is 0.629 bits per heavy atom. The number of H-pyrrole nitrogens is 1. The van der Waals surface area contributed by atoms with Crippen LogP contribution in [0.3, 0.4) is 0 Å². The smallest absolute Gasteiger partial charge is 0.138 e. The van der Waals surface area contributed by atoms with E-state index in [0.29, 0.717) is 0 Å². The summed E-state index contributed by atoms with van der Waals surface area (Å²) in [7, 11) is 0. The highest BCUT2D eigenvalue weighted by Crippen LogP contribution is 2.41. The zero-order chi connectivity index (χ0) is 22.9. The van der Waals surface area contributed by atoms with Gasteiger partial charge in [-0.25, -0.2) is 4.98 Å². The molecule has 3 aromatic heterocycles. The molecule has 35 heavy (non-hydrogen) atoms. The van der Waals surface area contributed by atoms with Crippen molar-refractivity contribution in [1.29, 1.82) is 0 Å². The van der Waals surface area contributed by atoms with Crippen LogP contribution in [0.25, 0.3) is 71.9 Å². The molecule has 3 heterocycles. The van der Waals surface area contributed by atoms with Crippen molar-refractivity contribution >= 4 is 54.8 Å². The standard InChI is InChI=1S/C31H19N3O/c1-2-8-20(9-3-1)34-25-16-17-28-30(22-10-4-7-13-27(22)35-28)29(25)21-15-14-19(18-26(21)34)31-32-23-11-5-6-12-24(23)33-31/h1-18H,(H,32,33). The summed E-state index contributed by atoms with van der Waals surface area (Å²) in [4.78, 5) is 8.33. The van der Waals surface area contributed by atoms with E-state index in [4.69, 9.17) is 9.40 Å². The van der Waals surface area contributed by atoms with Crippen molar-refractivity contribution in [1.82, 2.24) is 14.5 Å². The molecule has 164 valence electrons. The quantitative estimate of drug-likeness (QED) is 0.289. The van der Waals surface area contributed by atoms with E-state index in [0.717, 1.165) is 61.1 Å². The van der Waals surface area contributed by atoms with Crippen molar-refractivity contribution in [3.05, 3.63) is 109 Å². The Morgan fingerprint density at radius 2 is 1.46 bits per heavy atom. The Hall–Kier alpha value is -4.83. The van der Waals surface area contributed by atoms with Crippen molar-refractivity contribution in [2.24, 2.45) is 0 Å². The molecule has 0 saturated heterocycles. The molecule has 0 aliphatic rings. The van der Waals surface area contributed by atoms with Crippen LogP contribution in [0.15, 0.2) is 114 Å². The number of nitrogens with one attached hydrogen (secondary N) is 1. The van der Waals surface area contributed by atoms with Gasteiger partial charge in [0.05, 0.1) is 22.1 Å². The second kappa shape index (κ2) is 6.84. The number of benzene rings is 5. The molecule has 0 amide bonds. The molecule has 0 spiro atoms. The summed E-state index contributed by atoms with van der Waals surface area (Å²) in [5.74, 6) is 0.872. The number of para-hydroxylation sites is 4. The summed E-state index contributed by atoms with van der Waals surface area (Å²) in [5.41, 5.74) is 8.31. The third kappa shape index (κ3) is 2.59. The normalized spacial score (nSPS) is 12.0. The first-order valence-corrected chi connectivity index (χ1v) is 11.7. The molecule has 1 N–H and O–H groups in total. The predicted octanol–water partition coefficient (Wildman–Crippen LogP) is 8.23. The average molecular weight is 450 g/mol. The maximum absolute atomic E-state index is 6.23. The van der Waals surface area contributed by atoms with Crippen LogP contribution in [0.4, 0.5) is 0 Å². The fourth-order valence-electron chi connectivity index (χ4n) is 5.41. The third-order valence-corrected chi connectivity index (χ3v) is 6.95. The zero-order valence-corrected chi connectivity index (χ0v) is 18.7. The molecule has 8 aromatic rings. The Labute approximate surface area is 200 Å². The van der Waals surface area contributed by atoms with Gasteiger partial charge in [0.2, 0.25) is 0 Å². The lowest BCUT2D eigenvalue weighted by Gasteiger charge is -2.08. The molecule has 0 unspecified atom stereocenters. The number of fused-ring (bicyclic) bond motifs is 8. The van der Waals surface area contributed by atoms with Gasteiger partial charge in [0, 0.05) is 32.8 Å². The highest BCUT2D eigenvalue weighted by atomic mass is 16.3. The van der Waals surface area contributed by atoms with Crippen molar-refractivity contribution < 1.29 is 4.42 Å². The SMILES string of the molecule is c1ccc(-n2c3cc(-c4nc5ccccc5[nH]4)ccc3c3c4c(ccc32)oc2ccccc24)cc1. The van der Waals surface area contributed by atoms with Gasteiger partial charge in [0.1, 0.15) is 17.0 Å². The summed E-state index contributed by atoms with van der Waals surface area (Å²) in [6, 6.07) is 37.9. The van der Waals surface area contributed by atoms with Gasteiger partial charge < -0.3 is 14.0 Å². The van der Waals surface area contributed by atoms with Gasteiger partial charge in [0.25, 0.3) is 0 Å². The maximum Gasteiger partial charge on any atom is 0.138 e. The lowest BCUT2D eigenvalue weighted by molar-refractivity contribution is 0.669. The Balaban J connectivity index is 1.52. The number of furan rings is 1. The largest absolute Gasteiger partial charge is 0.456 e. The molecule has 4 nitrogen and oxygen atoms in total. The first-order valence-electron chi connectivity index (χ1n) is 11.7. The molecular formula is C31H19N3O. The van der Waals surface area contributed by atoms with Crippen molar-refractivity contribution in [2.75, 3.05) is 0 Å². The third-order valence-electron chi connectivity index (χ3n) is 6.95. The van der Waals surface area contributed by atoms with Gasteiger partial charge in [0.15, 0.2) is 0 Å². The van der Waals surface area contributed by atoms with Crippen LogP contribution >= 0.6 is 0 Å². The summed E-state index contributed by atoms with van der Waals surface area (Å²) < 4.78 is 8.57. The number of nitrogens with zero attached hydrogens (tertiary/aromatic N) is 2. The molecule has 0 atom stereocenters. The van der Waals surface area contributed by atoms with Crippen molar-refractivity contribution in [2.45, 2.75) is 0 Å². The van der Waals surface area contributed by atoms with Crippen LogP contribution < -0.4 is 0 Å². The second-order valence-corrected chi connectivity index (χ2v) is 8.94. The molecule has 0 bridgehead atoms. The van der Waals surface area contributed by atoms with Gasteiger partial charge >= 0.3 is 0 Å². The zero-order valence-electron chi connectivity index (χ0n) is 18.7. The first kappa shape index (κ1) is 18.6. The van der Waals surface area contributed by atoms with E-state index < -0.39 is 0 Å². The van der Waals surface area contributed by atoms with Crippen LogP contribution in [-0.2, 0) is 0 Å². The average Bonchev–Trinajstić information content (AvgIpc) is 3.59. The summed E-state index contributed by atoms with van der Waals surface area (Å²) in [6.45, 7) is 0. The van der Waals surface area contributed by atoms with Gasteiger partial charge in [-0.3, -0.25) is 0 Å². The highest BCUT2D eigenvalue weighted by Gasteiger charge is 2.19. The molecular weight excluding hydrogens is 430 g/mol. The van der Waals surface area contributed by atoms with E-state index in [9.17, 15) is 0 Å². The van der Waals surface area contributed by atoms with E-state index in [-0.39, 0.29) is 0 Å². The highest BCUT2D eigenvalue weighted by molar-refractivity contribution is 6.27. The minimum absolute atomic E-state index is 0.872. The van der Waals surface area contributed by atoms with E-state index >= 15 is 0 Å². The molecule has 0 aliphatic carbocycles. The van der Waals surface area contributed by atoms with Crippen molar-refractivity contribution in [3.8, 4) is 17.1 Å². The molecule has 4 heteroatoms. The number of imidazole rings is 1. The summed E-state index contributed by atoms with van der Waals surface area (Å²) in [5, 5.41) is 4.71. The van der Waals surface area contributed by atoms with Crippen molar-refractivity contribution in [3.63, 3.8) is 0 Å². The second-order valence-electron chi connectivity index (χ2n) is 8.94. The fraction of sp³-hybridized carbons (Fsp3) is 0. The minimum atomic E-state index is 0.872. The summed E-state index contributed by atoms with van der Waals surface area (Å²) >= 11 is 0. The molecule has 0 radical (unpaired) electrons. The van der Waals surface area contributed by atoms with E-state index in [1.54, 1.807) is 0 Å². The topological polar surface area (TPSA) is 46.8 Å². The van der Waals surface area contributed by atoms with Crippen LogP contribution in [0.5, 0.6) is 0 Å². The van der Waals surface area contributed by atoms with Crippen LogP contribution in [0, 0.1) is 0 Å². The fourth-order valence-corrected chi connectivity index (χ4v) is 5.41. The van der Waals surface area contributed by atoms with E-state index in [1.807, 2.05) is 30.3 Å². The number of aromatic amines is 1. The predicted molar refractivity (Wildman–Crippen MR) is 143 cm³/mol. The van der Waals surface area contributed by atoms with Crippen LogP contribution in [-0.4, -0.2) is 14.5 Å². The number of rotatable bonds is 2.